The maximum absolute atomic E-state index is 13.0. The first kappa shape index (κ1) is 11.4. The highest BCUT2D eigenvalue weighted by molar-refractivity contribution is 5.65. The van der Waals surface area contributed by atoms with E-state index in [2.05, 4.69) is 15.5 Å². The van der Waals surface area contributed by atoms with E-state index in [9.17, 15) is 4.39 Å². The lowest BCUT2D eigenvalue weighted by Gasteiger charge is -2.09. The molecule has 0 fully saturated rings. The van der Waals surface area contributed by atoms with Crippen molar-refractivity contribution in [3.8, 4) is 0 Å². The van der Waals surface area contributed by atoms with Gasteiger partial charge in [-0.3, -0.25) is 0 Å². The number of hydrogen-bond donors (Lipinski definition) is 2. The summed E-state index contributed by atoms with van der Waals surface area (Å²) in [5.41, 5.74) is 6.80. The second-order valence-electron chi connectivity index (χ2n) is 3.62. The van der Waals surface area contributed by atoms with Crippen molar-refractivity contribution in [1.29, 1.82) is 0 Å². The number of nitrogens with zero attached hydrogens (tertiary/aromatic N) is 3. The summed E-state index contributed by atoms with van der Waals surface area (Å²) in [7, 11) is 0. The number of hydrogen-bond acceptors (Lipinski definition) is 4. The topological polar surface area (TPSA) is 68.8 Å². The van der Waals surface area contributed by atoms with Gasteiger partial charge in [0.1, 0.15) is 12.1 Å². The van der Waals surface area contributed by atoms with Crippen LogP contribution in [0, 0.1) is 5.82 Å². The molecule has 2 aromatic rings. The fraction of sp³-hybridized carbons (Fsp3) is 0.273. The minimum Gasteiger partial charge on any atom is -0.397 e. The summed E-state index contributed by atoms with van der Waals surface area (Å²) < 4.78 is 14.9. The van der Waals surface area contributed by atoms with E-state index in [0.29, 0.717) is 17.9 Å². The van der Waals surface area contributed by atoms with Gasteiger partial charge in [-0.1, -0.05) is 0 Å². The molecule has 1 heterocycles. The number of nitrogen functional groups attached to an aromatic ring is 1. The van der Waals surface area contributed by atoms with E-state index in [4.69, 9.17) is 5.73 Å². The van der Waals surface area contributed by atoms with E-state index < -0.39 is 0 Å². The zero-order valence-electron chi connectivity index (χ0n) is 9.52. The van der Waals surface area contributed by atoms with Crippen molar-refractivity contribution in [1.82, 2.24) is 14.8 Å². The largest absolute Gasteiger partial charge is 0.397 e. The third-order valence-corrected chi connectivity index (χ3v) is 2.49. The van der Waals surface area contributed by atoms with Gasteiger partial charge in [0, 0.05) is 6.54 Å². The van der Waals surface area contributed by atoms with Crippen LogP contribution in [-0.2, 0) is 13.1 Å². The molecule has 90 valence electrons. The maximum atomic E-state index is 13.0. The Labute approximate surface area is 98.5 Å². The maximum Gasteiger partial charge on any atom is 0.152 e. The second-order valence-corrected chi connectivity index (χ2v) is 3.62. The van der Waals surface area contributed by atoms with Crippen LogP contribution in [0.15, 0.2) is 24.5 Å². The summed E-state index contributed by atoms with van der Waals surface area (Å²) in [6.07, 6.45) is 1.66. The number of nitrogens with two attached hydrogens (primary N) is 1. The Morgan fingerprint density at radius 2 is 2.29 bits per heavy atom. The molecule has 0 radical (unpaired) electrons. The molecule has 2 rings (SSSR count). The zero-order valence-corrected chi connectivity index (χ0v) is 9.52. The molecule has 0 aliphatic heterocycles. The van der Waals surface area contributed by atoms with E-state index in [-0.39, 0.29) is 5.82 Å². The lowest BCUT2D eigenvalue weighted by Crippen LogP contribution is -2.08. The smallest absolute Gasteiger partial charge is 0.152 e. The van der Waals surface area contributed by atoms with Gasteiger partial charge in [-0.2, -0.15) is 0 Å². The fourth-order valence-corrected chi connectivity index (χ4v) is 1.54. The van der Waals surface area contributed by atoms with Crippen LogP contribution in [0.5, 0.6) is 0 Å². The summed E-state index contributed by atoms with van der Waals surface area (Å²) in [4.78, 5) is 0. The van der Waals surface area contributed by atoms with Crippen molar-refractivity contribution >= 4 is 11.4 Å². The molecule has 5 nitrogen and oxygen atoms in total. The predicted octanol–water partition coefficient (Wildman–Crippen LogP) is 1.63. The molecular weight excluding hydrogens is 221 g/mol. The van der Waals surface area contributed by atoms with E-state index in [1.807, 2.05) is 11.5 Å². The normalized spacial score (nSPS) is 10.5. The third kappa shape index (κ3) is 2.52. The lowest BCUT2D eigenvalue weighted by atomic mass is 10.2. The highest BCUT2D eigenvalue weighted by Crippen LogP contribution is 2.19. The molecule has 0 aliphatic rings. The van der Waals surface area contributed by atoms with Crippen molar-refractivity contribution in [3.63, 3.8) is 0 Å². The van der Waals surface area contributed by atoms with E-state index in [1.54, 1.807) is 6.33 Å². The number of halogens is 1. The van der Waals surface area contributed by atoms with Crippen LogP contribution in [0.2, 0.25) is 0 Å². The van der Waals surface area contributed by atoms with Gasteiger partial charge in [0.05, 0.1) is 17.9 Å². The summed E-state index contributed by atoms with van der Waals surface area (Å²) in [5, 5.41) is 10.8. The van der Waals surface area contributed by atoms with Crippen molar-refractivity contribution in [2.45, 2.75) is 20.0 Å². The number of anilines is 2. The van der Waals surface area contributed by atoms with Crippen LogP contribution in [0.3, 0.4) is 0 Å². The lowest BCUT2D eigenvalue weighted by molar-refractivity contribution is 0.628. The summed E-state index contributed by atoms with van der Waals surface area (Å²) >= 11 is 0. The van der Waals surface area contributed by atoms with Gasteiger partial charge in [-0.15, -0.1) is 10.2 Å². The van der Waals surface area contributed by atoms with Crippen LogP contribution in [-0.4, -0.2) is 14.8 Å². The van der Waals surface area contributed by atoms with E-state index >= 15 is 0 Å². The number of rotatable bonds is 4. The molecule has 0 aliphatic carbocycles. The van der Waals surface area contributed by atoms with Gasteiger partial charge in [-0.05, 0) is 25.1 Å². The molecule has 17 heavy (non-hydrogen) atoms. The molecule has 0 spiro atoms. The van der Waals surface area contributed by atoms with Crippen LogP contribution >= 0.6 is 0 Å². The second kappa shape index (κ2) is 4.82. The quantitative estimate of drug-likeness (QED) is 0.790. The van der Waals surface area contributed by atoms with Crippen LogP contribution in [0.4, 0.5) is 15.8 Å². The molecule has 0 amide bonds. The Morgan fingerprint density at radius 3 is 3.06 bits per heavy atom. The summed E-state index contributed by atoms with van der Waals surface area (Å²) in [6.45, 7) is 3.26. The number of benzene rings is 1. The summed E-state index contributed by atoms with van der Waals surface area (Å²) in [5.74, 6) is 0.467. The molecule has 0 saturated heterocycles. The van der Waals surface area contributed by atoms with Crippen LogP contribution < -0.4 is 11.1 Å². The highest BCUT2D eigenvalue weighted by Gasteiger charge is 2.04. The van der Waals surface area contributed by atoms with E-state index in [0.717, 1.165) is 12.4 Å². The van der Waals surface area contributed by atoms with Gasteiger partial charge in [0.15, 0.2) is 5.82 Å². The number of aromatic nitrogens is 3. The average Bonchev–Trinajstić information content (AvgIpc) is 2.77. The Balaban J connectivity index is 2.09. The van der Waals surface area contributed by atoms with Crippen molar-refractivity contribution < 1.29 is 4.39 Å². The number of nitrogens with one attached hydrogen (secondary N) is 1. The molecule has 3 N–H and O–H groups in total. The molecule has 0 atom stereocenters. The Bertz CT molecular complexity index is 508. The van der Waals surface area contributed by atoms with E-state index in [1.165, 1.54) is 18.2 Å². The molecule has 6 heteroatoms. The average molecular weight is 235 g/mol. The van der Waals surface area contributed by atoms with Crippen molar-refractivity contribution in [2.75, 3.05) is 11.1 Å². The minimum atomic E-state index is -0.321. The van der Waals surface area contributed by atoms with Gasteiger partial charge >= 0.3 is 0 Å². The molecule has 0 bridgehead atoms. The third-order valence-electron chi connectivity index (χ3n) is 2.49. The zero-order chi connectivity index (χ0) is 12.3. The van der Waals surface area contributed by atoms with Crippen molar-refractivity contribution in [2.24, 2.45) is 0 Å². The van der Waals surface area contributed by atoms with Gasteiger partial charge in [-0.25, -0.2) is 4.39 Å². The molecule has 1 aromatic carbocycles. The molecule has 1 aromatic heterocycles. The Kier molecular flexibility index (Phi) is 3.22. The van der Waals surface area contributed by atoms with Crippen molar-refractivity contribution in [3.05, 3.63) is 36.2 Å². The van der Waals surface area contributed by atoms with Crippen LogP contribution in [0.1, 0.15) is 12.7 Å². The molecular formula is C11H14FN5. The van der Waals surface area contributed by atoms with Gasteiger partial charge in [0.2, 0.25) is 0 Å². The highest BCUT2D eigenvalue weighted by atomic mass is 19.1. The first-order chi connectivity index (χ1) is 8.20. The van der Waals surface area contributed by atoms with Gasteiger partial charge < -0.3 is 15.6 Å². The minimum absolute atomic E-state index is 0.321. The summed E-state index contributed by atoms with van der Waals surface area (Å²) in [6, 6.07) is 4.22. The first-order valence-corrected chi connectivity index (χ1v) is 5.36. The molecule has 0 unspecified atom stereocenters. The number of aryl methyl sites for hydroxylation is 1. The monoisotopic (exact) mass is 235 g/mol. The molecule has 0 saturated carbocycles. The van der Waals surface area contributed by atoms with Gasteiger partial charge in [0.25, 0.3) is 0 Å². The Hall–Kier alpha value is -2.11. The predicted molar refractivity (Wildman–Crippen MR) is 63.8 cm³/mol. The standard InChI is InChI=1S/C11H14FN5/c1-2-17-7-15-16-11(17)6-14-10-5-8(12)3-4-9(10)13/h3-5,7,14H,2,6,13H2,1H3. The fourth-order valence-electron chi connectivity index (χ4n) is 1.54. The van der Waals surface area contributed by atoms with Crippen LogP contribution in [0.25, 0.3) is 0 Å². The SMILES string of the molecule is CCn1cnnc1CNc1cc(F)ccc1N. The first-order valence-electron chi connectivity index (χ1n) is 5.36. The Morgan fingerprint density at radius 1 is 1.47 bits per heavy atom.